The summed E-state index contributed by atoms with van der Waals surface area (Å²) in [5.74, 6) is 0.379. The quantitative estimate of drug-likeness (QED) is 0.598. The number of amides is 3. The number of carbonyl (C=O) groups is 2. The fraction of sp³-hybridized carbons (Fsp3) is 0.263. The van der Waals surface area contributed by atoms with Gasteiger partial charge in [0.25, 0.3) is 0 Å². The summed E-state index contributed by atoms with van der Waals surface area (Å²) in [6.45, 7) is 3.72. The number of halogens is 2. The number of benzene rings is 2. The van der Waals surface area contributed by atoms with Gasteiger partial charge in [-0.1, -0.05) is 18.5 Å². The van der Waals surface area contributed by atoms with Gasteiger partial charge in [0.15, 0.2) is 0 Å². The minimum Gasteiger partial charge on any atom is -0.326 e. The molecule has 1 heterocycles. The number of urea groups is 1. The summed E-state index contributed by atoms with van der Waals surface area (Å²) >= 11 is 5.82. The Morgan fingerprint density at radius 1 is 0.926 bits per heavy atom. The van der Waals surface area contributed by atoms with E-state index in [0.29, 0.717) is 28.0 Å². The van der Waals surface area contributed by atoms with Gasteiger partial charge in [-0.3, -0.25) is 4.79 Å². The van der Waals surface area contributed by atoms with Crippen LogP contribution in [0.5, 0.6) is 0 Å². The topological polar surface area (TPSA) is 82.3 Å². The molecule has 1 saturated heterocycles. The predicted molar refractivity (Wildman–Crippen MR) is 112 cm³/mol. The van der Waals surface area contributed by atoms with Crippen molar-refractivity contribution in [3.8, 4) is 0 Å². The van der Waals surface area contributed by atoms with E-state index in [0.717, 1.165) is 13.1 Å². The molecule has 0 spiro atoms. The lowest BCUT2D eigenvalue weighted by atomic mass is 9.88. The normalized spacial score (nSPS) is 14.3. The minimum absolute atomic E-state index is 0. The molecule has 4 N–H and O–H groups in total. The van der Waals surface area contributed by atoms with Crippen molar-refractivity contribution >= 4 is 53.0 Å². The van der Waals surface area contributed by atoms with E-state index in [2.05, 4.69) is 21.3 Å². The van der Waals surface area contributed by atoms with Crippen molar-refractivity contribution in [3.63, 3.8) is 0 Å². The van der Waals surface area contributed by atoms with Crippen LogP contribution < -0.4 is 21.3 Å². The Labute approximate surface area is 169 Å². The van der Waals surface area contributed by atoms with Crippen LogP contribution in [-0.2, 0) is 4.79 Å². The Morgan fingerprint density at radius 2 is 1.37 bits per heavy atom. The molecule has 1 aliphatic heterocycles. The van der Waals surface area contributed by atoms with Gasteiger partial charge in [0.1, 0.15) is 0 Å². The standard InChI is InChI=1S/C19H21ClN4O2.ClH/c1-12(13-10-21-11-13)18(25)22-15-6-8-17(9-7-15)24-19(26)23-16-4-2-14(20)3-5-16;/h2-9,12-13,21H,10-11H2,1H3,(H,22,25)(H2,23,24,26);1H. The van der Waals surface area contributed by atoms with Crippen LogP contribution in [0.4, 0.5) is 21.9 Å². The maximum atomic E-state index is 12.2. The highest BCUT2D eigenvalue weighted by atomic mass is 35.5. The van der Waals surface area contributed by atoms with Gasteiger partial charge in [0.05, 0.1) is 0 Å². The minimum atomic E-state index is -0.352. The van der Waals surface area contributed by atoms with Gasteiger partial charge in [-0.25, -0.2) is 4.79 Å². The second-order valence-electron chi connectivity index (χ2n) is 6.36. The number of hydrogen-bond acceptors (Lipinski definition) is 3. The second kappa shape index (κ2) is 9.60. The van der Waals surface area contributed by atoms with E-state index in [4.69, 9.17) is 11.6 Å². The summed E-state index contributed by atoms with van der Waals surface area (Å²) in [6, 6.07) is 13.5. The molecule has 1 aliphatic rings. The SMILES string of the molecule is CC(C(=O)Nc1ccc(NC(=O)Nc2ccc(Cl)cc2)cc1)C1CNC1.Cl. The zero-order chi connectivity index (χ0) is 18.5. The van der Waals surface area contributed by atoms with Gasteiger partial charge < -0.3 is 21.3 Å². The van der Waals surface area contributed by atoms with Crippen molar-refractivity contribution < 1.29 is 9.59 Å². The lowest BCUT2D eigenvalue weighted by Gasteiger charge is -2.31. The molecule has 2 aromatic rings. The Balaban J connectivity index is 0.00000261. The molecule has 144 valence electrons. The molecular weight excluding hydrogens is 387 g/mol. The average Bonchev–Trinajstić information content (AvgIpc) is 2.57. The van der Waals surface area contributed by atoms with Gasteiger partial charge in [-0.2, -0.15) is 0 Å². The predicted octanol–water partition coefficient (Wildman–Crippen LogP) is 4.20. The maximum absolute atomic E-state index is 12.2. The first-order valence-electron chi connectivity index (χ1n) is 8.46. The first-order chi connectivity index (χ1) is 12.5. The van der Waals surface area contributed by atoms with Crippen molar-refractivity contribution in [1.82, 2.24) is 5.32 Å². The van der Waals surface area contributed by atoms with Crippen LogP contribution in [0.3, 0.4) is 0 Å². The molecule has 8 heteroatoms. The first kappa shape index (κ1) is 21.0. The highest BCUT2D eigenvalue weighted by molar-refractivity contribution is 6.30. The molecule has 3 amide bonds. The van der Waals surface area contributed by atoms with Crippen LogP contribution in [0.25, 0.3) is 0 Å². The summed E-state index contributed by atoms with van der Waals surface area (Å²) in [5, 5.41) is 12.2. The number of carbonyl (C=O) groups excluding carboxylic acids is 2. The summed E-state index contributed by atoms with van der Waals surface area (Å²) in [7, 11) is 0. The molecule has 27 heavy (non-hydrogen) atoms. The van der Waals surface area contributed by atoms with Gasteiger partial charge in [0, 0.05) is 28.0 Å². The van der Waals surface area contributed by atoms with E-state index >= 15 is 0 Å². The van der Waals surface area contributed by atoms with Crippen LogP contribution in [0.1, 0.15) is 6.92 Å². The van der Waals surface area contributed by atoms with Gasteiger partial charge in [-0.15, -0.1) is 12.4 Å². The highest BCUT2D eigenvalue weighted by Crippen LogP contribution is 2.20. The Kier molecular flexibility index (Phi) is 7.47. The van der Waals surface area contributed by atoms with Crippen molar-refractivity contribution in [3.05, 3.63) is 53.6 Å². The molecule has 0 aromatic heterocycles. The van der Waals surface area contributed by atoms with Crippen LogP contribution in [0.2, 0.25) is 5.02 Å². The summed E-state index contributed by atoms with van der Waals surface area (Å²) in [5.41, 5.74) is 1.98. The smallest absolute Gasteiger partial charge is 0.323 e. The fourth-order valence-electron chi connectivity index (χ4n) is 2.60. The molecule has 0 radical (unpaired) electrons. The summed E-state index contributed by atoms with van der Waals surface area (Å²) < 4.78 is 0. The zero-order valence-electron chi connectivity index (χ0n) is 14.8. The van der Waals surface area contributed by atoms with E-state index in [1.54, 1.807) is 48.5 Å². The Bertz CT molecular complexity index is 777. The van der Waals surface area contributed by atoms with Gasteiger partial charge in [-0.05, 0) is 67.5 Å². The van der Waals surface area contributed by atoms with Gasteiger partial charge in [0.2, 0.25) is 5.91 Å². The Morgan fingerprint density at radius 3 is 1.81 bits per heavy atom. The summed E-state index contributed by atoms with van der Waals surface area (Å²) in [4.78, 5) is 24.2. The van der Waals surface area contributed by atoms with Crippen molar-refractivity contribution in [2.75, 3.05) is 29.0 Å². The molecule has 0 saturated carbocycles. The molecular formula is C19H22Cl2N4O2. The van der Waals surface area contributed by atoms with Crippen molar-refractivity contribution in [2.24, 2.45) is 11.8 Å². The maximum Gasteiger partial charge on any atom is 0.323 e. The van der Waals surface area contributed by atoms with Gasteiger partial charge >= 0.3 is 6.03 Å². The van der Waals surface area contributed by atoms with Crippen LogP contribution >= 0.6 is 24.0 Å². The number of anilines is 3. The molecule has 2 aromatic carbocycles. The summed E-state index contributed by atoms with van der Waals surface area (Å²) in [6.07, 6.45) is 0. The lowest BCUT2D eigenvalue weighted by Crippen LogP contribution is -2.48. The third-order valence-corrected chi connectivity index (χ3v) is 4.70. The molecule has 1 atom stereocenters. The molecule has 1 unspecified atom stereocenters. The van der Waals surface area contributed by atoms with Crippen LogP contribution in [0.15, 0.2) is 48.5 Å². The van der Waals surface area contributed by atoms with E-state index in [-0.39, 0.29) is 30.3 Å². The first-order valence-corrected chi connectivity index (χ1v) is 8.84. The molecule has 1 fully saturated rings. The van der Waals surface area contributed by atoms with Crippen molar-refractivity contribution in [2.45, 2.75) is 6.92 Å². The number of nitrogens with one attached hydrogen (secondary N) is 4. The zero-order valence-corrected chi connectivity index (χ0v) is 16.4. The Hall–Kier alpha value is -2.28. The van der Waals surface area contributed by atoms with Crippen LogP contribution in [0, 0.1) is 11.8 Å². The number of hydrogen-bond donors (Lipinski definition) is 4. The lowest BCUT2D eigenvalue weighted by molar-refractivity contribution is -0.121. The second-order valence-corrected chi connectivity index (χ2v) is 6.80. The number of rotatable bonds is 5. The largest absolute Gasteiger partial charge is 0.326 e. The molecule has 6 nitrogen and oxygen atoms in total. The van der Waals surface area contributed by atoms with E-state index < -0.39 is 0 Å². The van der Waals surface area contributed by atoms with Crippen molar-refractivity contribution in [1.29, 1.82) is 0 Å². The molecule has 0 aliphatic carbocycles. The average molecular weight is 409 g/mol. The fourth-order valence-corrected chi connectivity index (χ4v) is 2.72. The van der Waals surface area contributed by atoms with E-state index in [9.17, 15) is 9.59 Å². The van der Waals surface area contributed by atoms with E-state index in [1.807, 2.05) is 6.92 Å². The third-order valence-electron chi connectivity index (χ3n) is 4.45. The van der Waals surface area contributed by atoms with Crippen LogP contribution in [-0.4, -0.2) is 25.0 Å². The molecule has 0 bridgehead atoms. The monoisotopic (exact) mass is 408 g/mol. The highest BCUT2D eigenvalue weighted by Gasteiger charge is 2.28. The third kappa shape index (κ3) is 5.85. The van der Waals surface area contributed by atoms with E-state index in [1.165, 1.54) is 0 Å². The molecule has 3 rings (SSSR count).